The van der Waals surface area contributed by atoms with Crippen molar-refractivity contribution >= 4 is 22.2 Å². The average Bonchev–Trinajstić information content (AvgIpc) is 2.96. The van der Waals surface area contributed by atoms with Crippen LogP contribution in [0.2, 0.25) is 0 Å². The summed E-state index contributed by atoms with van der Waals surface area (Å²) >= 11 is 1.58. The van der Waals surface area contributed by atoms with Crippen molar-refractivity contribution in [2.24, 2.45) is 0 Å². The van der Waals surface area contributed by atoms with Crippen LogP contribution in [-0.2, 0) is 0 Å². The highest BCUT2D eigenvalue weighted by atomic mass is 32.1. The number of halogens is 1. The number of fused-ring (bicyclic) bond motifs is 1. The van der Waals surface area contributed by atoms with Crippen molar-refractivity contribution in [3.05, 3.63) is 40.5 Å². The van der Waals surface area contributed by atoms with Gasteiger partial charge in [-0.2, -0.15) is 0 Å². The van der Waals surface area contributed by atoms with Gasteiger partial charge in [0.25, 0.3) is 0 Å². The number of ether oxygens (including phenoxy) is 1. The third-order valence-corrected chi connectivity index (χ3v) is 4.39. The zero-order valence-corrected chi connectivity index (χ0v) is 12.9. The predicted molar refractivity (Wildman–Crippen MR) is 83.5 cm³/mol. The van der Waals surface area contributed by atoms with E-state index in [-0.39, 0.29) is 5.82 Å². The molecule has 0 saturated heterocycles. The lowest BCUT2D eigenvalue weighted by molar-refractivity contribution is 0.415. The molecule has 0 N–H and O–H groups in total. The third-order valence-electron chi connectivity index (χ3n) is 3.24. The van der Waals surface area contributed by atoms with Gasteiger partial charge >= 0.3 is 0 Å². The average molecular weight is 302 g/mol. The highest BCUT2D eigenvalue weighted by Gasteiger charge is 2.15. The summed E-state index contributed by atoms with van der Waals surface area (Å²) in [5.41, 5.74) is 1.65. The molecule has 3 nitrogen and oxygen atoms in total. The van der Waals surface area contributed by atoms with Crippen LogP contribution < -0.4 is 4.74 Å². The fourth-order valence-electron chi connectivity index (χ4n) is 2.14. The number of aromatic nitrogens is 2. The number of rotatable bonds is 3. The molecule has 0 aliphatic rings. The van der Waals surface area contributed by atoms with Crippen molar-refractivity contribution < 1.29 is 9.13 Å². The molecule has 0 bridgehead atoms. The molecule has 5 heteroatoms. The monoisotopic (exact) mass is 302 g/mol. The molecule has 3 aromatic rings. The Morgan fingerprint density at radius 3 is 2.71 bits per heavy atom. The largest absolute Gasteiger partial charge is 0.494 e. The van der Waals surface area contributed by atoms with E-state index in [2.05, 4.69) is 23.8 Å². The minimum atomic E-state index is -0.337. The van der Waals surface area contributed by atoms with Crippen LogP contribution in [0.15, 0.2) is 29.6 Å². The summed E-state index contributed by atoms with van der Waals surface area (Å²) in [6.45, 7) is 4.18. The van der Waals surface area contributed by atoms with E-state index < -0.39 is 0 Å². The first kappa shape index (κ1) is 13.9. The molecule has 0 unspecified atom stereocenters. The summed E-state index contributed by atoms with van der Waals surface area (Å²) in [4.78, 5) is 9.01. The smallest absolute Gasteiger partial charge is 0.149 e. The quantitative estimate of drug-likeness (QED) is 0.707. The first-order chi connectivity index (χ1) is 10.1. The maximum Gasteiger partial charge on any atom is 0.149 e. The zero-order valence-electron chi connectivity index (χ0n) is 12.1. The molecule has 0 atom stereocenters. The van der Waals surface area contributed by atoms with Gasteiger partial charge < -0.3 is 4.74 Å². The summed E-state index contributed by atoms with van der Waals surface area (Å²) in [6.07, 6.45) is 0. The van der Waals surface area contributed by atoms with Crippen molar-refractivity contribution in [1.82, 2.24) is 9.97 Å². The third kappa shape index (κ3) is 2.49. The van der Waals surface area contributed by atoms with Gasteiger partial charge in [0.1, 0.15) is 28.5 Å². The fraction of sp³-hybridized carbons (Fsp3) is 0.250. The summed E-state index contributed by atoms with van der Waals surface area (Å²) in [5, 5.41) is 3.68. The van der Waals surface area contributed by atoms with E-state index >= 15 is 0 Å². The van der Waals surface area contributed by atoms with Crippen LogP contribution in [0.5, 0.6) is 5.75 Å². The highest BCUT2D eigenvalue weighted by Crippen LogP contribution is 2.33. The van der Waals surface area contributed by atoms with E-state index in [1.807, 2.05) is 11.4 Å². The second-order valence-corrected chi connectivity index (χ2v) is 5.97. The fourth-order valence-corrected chi connectivity index (χ4v) is 2.96. The van der Waals surface area contributed by atoms with Gasteiger partial charge in [0.2, 0.25) is 0 Å². The minimum Gasteiger partial charge on any atom is -0.494 e. The van der Waals surface area contributed by atoms with E-state index in [1.54, 1.807) is 30.6 Å². The Morgan fingerprint density at radius 1 is 1.24 bits per heavy atom. The molecule has 2 aromatic heterocycles. The number of nitrogens with zero attached hydrogens (tertiary/aromatic N) is 2. The van der Waals surface area contributed by atoms with Crippen molar-refractivity contribution in [2.45, 2.75) is 19.8 Å². The van der Waals surface area contributed by atoms with Gasteiger partial charge in [-0.1, -0.05) is 26.0 Å². The Labute approximate surface area is 126 Å². The second-order valence-electron chi connectivity index (χ2n) is 5.08. The normalized spacial score (nSPS) is 11.3. The molecule has 3 rings (SSSR count). The lowest BCUT2D eigenvalue weighted by Gasteiger charge is -2.08. The zero-order chi connectivity index (χ0) is 15.0. The molecular weight excluding hydrogens is 287 g/mol. The first-order valence-electron chi connectivity index (χ1n) is 6.69. The van der Waals surface area contributed by atoms with E-state index in [9.17, 15) is 4.39 Å². The minimum absolute atomic E-state index is 0.337. The molecule has 0 aliphatic carbocycles. The maximum absolute atomic E-state index is 13.9. The summed E-state index contributed by atoms with van der Waals surface area (Å²) in [6, 6.07) is 6.69. The predicted octanol–water partition coefficient (Wildman–Crippen LogP) is 4.63. The summed E-state index contributed by atoms with van der Waals surface area (Å²) in [7, 11) is 1.58. The Balaban J connectivity index is 2.22. The van der Waals surface area contributed by atoms with E-state index in [4.69, 9.17) is 4.74 Å². The number of benzene rings is 1. The van der Waals surface area contributed by atoms with E-state index in [1.165, 1.54) is 6.07 Å². The Morgan fingerprint density at radius 2 is 2.05 bits per heavy atom. The van der Waals surface area contributed by atoms with Gasteiger partial charge in [-0.05, 0) is 12.1 Å². The molecule has 0 radical (unpaired) electrons. The van der Waals surface area contributed by atoms with Crippen molar-refractivity contribution in [1.29, 1.82) is 0 Å². The van der Waals surface area contributed by atoms with Crippen molar-refractivity contribution in [3.63, 3.8) is 0 Å². The van der Waals surface area contributed by atoms with E-state index in [0.717, 1.165) is 16.1 Å². The van der Waals surface area contributed by atoms with Gasteiger partial charge in [0, 0.05) is 16.7 Å². The van der Waals surface area contributed by atoms with Gasteiger partial charge in [0.15, 0.2) is 0 Å². The molecule has 2 heterocycles. The summed E-state index contributed by atoms with van der Waals surface area (Å²) < 4.78 is 19.3. The number of thiazole rings is 1. The second kappa shape index (κ2) is 5.41. The molecule has 0 fully saturated rings. The SMILES string of the molecule is COc1cc2cccc(F)c2nc1-c1csc(C(C)C)n1. The van der Waals surface area contributed by atoms with Crippen LogP contribution in [0.25, 0.3) is 22.3 Å². The van der Waals surface area contributed by atoms with E-state index in [0.29, 0.717) is 22.9 Å². The number of pyridine rings is 1. The highest BCUT2D eigenvalue weighted by molar-refractivity contribution is 7.10. The van der Waals surface area contributed by atoms with Crippen molar-refractivity contribution in [3.8, 4) is 17.1 Å². The lowest BCUT2D eigenvalue weighted by atomic mass is 10.1. The van der Waals surface area contributed by atoms with Crippen LogP contribution in [0.1, 0.15) is 24.8 Å². The summed E-state index contributed by atoms with van der Waals surface area (Å²) in [5.74, 6) is 0.622. The van der Waals surface area contributed by atoms with Gasteiger partial charge in [-0.25, -0.2) is 14.4 Å². The first-order valence-corrected chi connectivity index (χ1v) is 7.57. The van der Waals surface area contributed by atoms with Crippen LogP contribution in [0.3, 0.4) is 0 Å². The lowest BCUT2D eigenvalue weighted by Crippen LogP contribution is -1.95. The topological polar surface area (TPSA) is 35.0 Å². The molecule has 0 saturated carbocycles. The van der Waals surface area contributed by atoms with Gasteiger partial charge in [0.05, 0.1) is 12.1 Å². The Bertz CT molecular complexity index is 798. The van der Waals surface area contributed by atoms with Crippen LogP contribution in [0.4, 0.5) is 4.39 Å². The molecule has 21 heavy (non-hydrogen) atoms. The number of hydrogen-bond donors (Lipinski definition) is 0. The van der Waals surface area contributed by atoms with Crippen LogP contribution >= 0.6 is 11.3 Å². The number of para-hydroxylation sites is 1. The molecule has 0 spiro atoms. The van der Waals surface area contributed by atoms with Gasteiger partial charge in [-0.3, -0.25) is 0 Å². The van der Waals surface area contributed by atoms with Crippen molar-refractivity contribution in [2.75, 3.05) is 7.11 Å². The maximum atomic E-state index is 13.9. The number of methoxy groups -OCH3 is 1. The molecule has 108 valence electrons. The van der Waals surface area contributed by atoms with Gasteiger partial charge in [-0.15, -0.1) is 11.3 Å². The number of hydrogen-bond acceptors (Lipinski definition) is 4. The van der Waals surface area contributed by atoms with Crippen LogP contribution in [0, 0.1) is 5.82 Å². The Kier molecular flexibility index (Phi) is 3.59. The molecule has 0 amide bonds. The Hall–Kier alpha value is -2.01. The standard InChI is InChI=1S/C16H15FN2OS/c1-9(2)16-18-12(8-21-16)15-13(20-3)7-10-5-4-6-11(17)14(10)19-15/h4-9H,1-3H3. The molecule has 1 aromatic carbocycles. The molecule has 0 aliphatic heterocycles. The van der Waals surface area contributed by atoms with Crippen LogP contribution in [-0.4, -0.2) is 17.1 Å². The molecular formula is C16H15FN2OS.